The fourth-order valence-corrected chi connectivity index (χ4v) is 5.22. The monoisotopic (exact) mass is 495 g/mol. The summed E-state index contributed by atoms with van der Waals surface area (Å²) in [6.45, 7) is 15.0. The minimum atomic E-state index is -0.843. The summed E-state index contributed by atoms with van der Waals surface area (Å²) in [6.07, 6.45) is 0.207. The first-order chi connectivity index (χ1) is 16.7. The third kappa shape index (κ3) is 6.95. The van der Waals surface area contributed by atoms with Gasteiger partial charge in [-0.2, -0.15) is 0 Å². The number of β-amino-alcohol motifs (C(OH)–C–C–N with tert-alkyl or cyclic N) is 1. The zero-order valence-electron chi connectivity index (χ0n) is 22.7. The SMILES string of the molecule is CC(C)(C)c1ccc(C(=O)OCC(O)CN2C(C)(C)CC(OC(=O)c3ccccc3)CC2(C)C)cc1. The molecule has 1 aliphatic rings. The van der Waals surface area contributed by atoms with Crippen LogP contribution in [0.3, 0.4) is 0 Å². The van der Waals surface area contributed by atoms with Gasteiger partial charge in [0.25, 0.3) is 0 Å². The maximum atomic E-state index is 12.6. The lowest BCUT2D eigenvalue weighted by atomic mass is 9.77. The number of hydrogen-bond acceptors (Lipinski definition) is 6. The second kappa shape index (κ2) is 10.7. The van der Waals surface area contributed by atoms with Crippen LogP contribution in [0.25, 0.3) is 0 Å². The molecule has 0 aromatic heterocycles. The van der Waals surface area contributed by atoms with Gasteiger partial charge in [0.2, 0.25) is 0 Å². The molecule has 1 unspecified atom stereocenters. The molecule has 1 atom stereocenters. The summed E-state index contributed by atoms with van der Waals surface area (Å²) in [5.74, 6) is -0.761. The van der Waals surface area contributed by atoms with Crippen molar-refractivity contribution in [2.45, 2.75) is 90.0 Å². The lowest BCUT2D eigenvalue weighted by molar-refractivity contribution is -0.105. The number of likely N-dealkylation sites (tertiary alicyclic amines) is 1. The molecule has 3 rings (SSSR count). The van der Waals surface area contributed by atoms with Gasteiger partial charge in [-0.05, 0) is 62.9 Å². The van der Waals surface area contributed by atoms with Crippen molar-refractivity contribution in [2.75, 3.05) is 13.2 Å². The Morgan fingerprint density at radius 2 is 1.44 bits per heavy atom. The van der Waals surface area contributed by atoms with Crippen molar-refractivity contribution in [3.05, 3.63) is 71.3 Å². The molecule has 6 nitrogen and oxygen atoms in total. The largest absolute Gasteiger partial charge is 0.459 e. The zero-order valence-corrected chi connectivity index (χ0v) is 22.7. The van der Waals surface area contributed by atoms with Crippen molar-refractivity contribution in [3.8, 4) is 0 Å². The van der Waals surface area contributed by atoms with Gasteiger partial charge in [-0.15, -0.1) is 0 Å². The number of hydrogen-bond donors (Lipinski definition) is 1. The number of rotatable bonds is 7. The van der Waals surface area contributed by atoms with Crippen LogP contribution in [0.1, 0.15) is 87.6 Å². The van der Waals surface area contributed by atoms with Crippen molar-refractivity contribution in [1.82, 2.24) is 4.90 Å². The number of ether oxygens (including phenoxy) is 2. The zero-order chi connectivity index (χ0) is 26.7. The van der Waals surface area contributed by atoms with Crippen molar-refractivity contribution in [2.24, 2.45) is 0 Å². The molecule has 1 fully saturated rings. The predicted octanol–water partition coefficient (Wildman–Crippen LogP) is 5.38. The first-order valence-electron chi connectivity index (χ1n) is 12.7. The van der Waals surface area contributed by atoms with Gasteiger partial charge in [-0.1, -0.05) is 51.1 Å². The van der Waals surface area contributed by atoms with Gasteiger partial charge in [0.1, 0.15) is 18.8 Å². The third-order valence-electron chi connectivity index (χ3n) is 6.99. The van der Waals surface area contributed by atoms with Crippen LogP contribution in [-0.2, 0) is 14.9 Å². The molecule has 1 saturated heterocycles. The van der Waals surface area contributed by atoms with Crippen LogP contribution in [-0.4, -0.2) is 58.4 Å². The van der Waals surface area contributed by atoms with Gasteiger partial charge in [0.15, 0.2) is 0 Å². The van der Waals surface area contributed by atoms with Gasteiger partial charge in [-0.3, -0.25) is 4.90 Å². The van der Waals surface area contributed by atoms with Crippen molar-refractivity contribution >= 4 is 11.9 Å². The van der Waals surface area contributed by atoms with E-state index in [-0.39, 0.29) is 35.2 Å². The van der Waals surface area contributed by atoms with Gasteiger partial charge in [0.05, 0.1) is 11.1 Å². The summed E-state index contributed by atoms with van der Waals surface area (Å²) in [4.78, 5) is 27.4. The van der Waals surface area contributed by atoms with E-state index in [4.69, 9.17) is 9.47 Å². The van der Waals surface area contributed by atoms with Crippen LogP contribution >= 0.6 is 0 Å². The van der Waals surface area contributed by atoms with Crippen LogP contribution < -0.4 is 0 Å². The van der Waals surface area contributed by atoms with Crippen LogP contribution in [0.5, 0.6) is 0 Å². The van der Waals surface area contributed by atoms with E-state index in [0.717, 1.165) is 5.56 Å². The minimum Gasteiger partial charge on any atom is -0.459 e. The predicted molar refractivity (Wildman–Crippen MR) is 141 cm³/mol. The molecular weight excluding hydrogens is 454 g/mol. The molecule has 0 aliphatic carbocycles. The van der Waals surface area contributed by atoms with Gasteiger partial charge in [0, 0.05) is 30.5 Å². The molecule has 0 spiro atoms. The average molecular weight is 496 g/mol. The number of esters is 2. The molecule has 0 saturated carbocycles. The standard InChI is InChI=1S/C30H41NO5/c1-28(2,3)23-15-13-22(14-16-23)26(33)35-20-24(32)19-31-29(4,5)17-25(18-30(31,6)7)36-27(34)21-11-9-8-10-12-21/h8-16,24-25,32H,17-20H2,1-7H3. The highest BCUT2D eigenvalue weighted by Gasteiger charge is 2.47. The quantitative estimate of drug-likeness (QED) is 0.520. The maximum absolute atomic E-state index is 12.6. The second-order valence-corrected chi connectivity index (χ2v) is 12.1. The lowest BCUT2D eigenvalue weighted by Gasteiger charge is -2.55. The molecule has 6 heteroatoms. The molecule has 1 aliphatic heterocycles. The maximum Gasteiger partial charge on any atom is 0.338 e. The first-order valence-corrected chi connectivity index (χ1v) is 12.7. The van der Waals surface area contributed by atoms with E-state index >= 15 is 0 Å². The number of nitrogens with zero attached hydrogens (tertiary/aromatic N) is 1. The molecule has 2 aromatic rings. The van der Waals surface area contributed by atoms with Gasteiger partial charge < -0.3 is 14.6 Å². The number of carbonyl (C=O) groups is 2. The molecule has 0 radical (unpaired) electrons. The Morgan fingerprint density at radius 3 is 1.97 bits per heavy atom. The number of piperidine rings is 1. The summed E-state index contributed by atoms with van der Waals surface area (Å²) >= 11 is 0. The van der Waals surface area contributed by atoms with Crippen molar-refractivity contribution < 1.29 is 24.2 Å². The fourth-order valence-electron chi connectivity index (χ4n) is 5.22. The smallest absolute Gasteiger partial charge is 0.338 e. The van der Waals surface area contributed by atoms with Crippen LogP contribution in [0, 0.1) is 0 Å². The summed E-state index contributed by atoms with van der Waals surface area (Å²) in [5, 5.41) is 10.8. The molecule has 0 bridgehead atoms. The number of aliphatic hydroxyl groups is 1. The summed E-state index contributed by atoms with van der Waals surface area (Å²) < 4.78 is 11.3. The molecule has 2 aromatic carbocycles. The molecule has 1 heterocycles. The summed E-state index contributed by atoms with van der Waals surface area (Å²) in [6, 6.07) is 16.4. The van der Waals surface area contributed by atoms with E-state index in [1.165, 1.54) is 0 Å². The topological polar surface area (TPSA) is 76.1 Å². The average Bonchev–Trinajstić information content (AvgIpc) is 2.79. The Balaban J connectivity index is 1.57. The normalized spacial score (nSPS) is 18.9. The second-order valence-electron chi connectivity index (χ2n) is 12.1. The van der Waals surface area contributed by atoms with E-state index in [0.29, 0.717) is 30.5 Å². The fraction of sp³-hybridized carbons (Fsp3) is 0.533. The molecule has 196 valence electrons. The van der Waals surface area contributed by atoms with E-state index in [1.54, 1.807) is 24.3 Å². The summed E-state index contributed by atoms with van der Waals surface area (Å²) in [7, 11) is 0. The number of benzene rings is 2. The Hall–Kier alpha value is -2.70. The highest BCUT2D eigenvalue weighted by Crippen LogP contribution is 2.40. The van der Waals surface area contributed by atoms with Crippen LogP contribution in [0.15, 0.2) is 54.6 Å². The van der Waals surface area contributed by atoms with Crippen molar-refractivity contribution in [3.63, 3.8) is 0 Å². The Kier molecular flexibility index (Phi) is 8.31. The third-order valence-corrected chi connectivity index (χ3v) is 6.99. The van der Waals surface area contributed by atoms with Crippen molar-refractivity contribution in [1.29, 1.82) is 0 Å². The molecular formula is C30H41NO5. The lowest BCUT2D eigenvalue weighted by Crippen LogP contribution is -2.64. The first kappa shape index (κ1) is 27.9. The minimum absolute atomic E-state index is 0.00552. The summed E-state index contributed by atoms with van der Waals surface area (Å²) in [5.41, 5.74) is 1.49. The Morgan fingerprint density at radius 1 is 0.917 bits per heavy atom. The van der Waals surface area contributed by atoms with E-state index < -0.39 is 12.1 Å². The molecule has 1 N–H and O–H groups in total. The van der Waals surface area contributed by atoms with E-state index in [2.05, 4.69) is 53.4 Å². The Bertz CT molecular complexity index is 1020. The Labute approximate surface area is 215 Å². The van der Waals surface area contributed by atoms with E-state index in [1.807, 2.05) is 30.3 Å². The number of carbonyl (C=O) groups excluding carboxylic acids is 2. The van der Waals surface area contributed by atoms with Crippen LogP contribution in [0.2, 0.25) is 0 Å². The van der Waals surface area contributed by atoms with Crippen LogP contribution in [0.4, 0.5) is 0 Å². The highest BCUT2D eigenvalue weighted by atomic mass is 16.5. The van der Waals surface area contributed by atoms with Gasteiger partial charge >= 0.3 is 11.9 Å². The van der Waals surface area contributed by atoms with E-state index in [9.17, 15) is 14.7 Å². The number of aliphatic hydroxyl groups excluding tert-OH is 1. The highest BCUT2D eigenvalue weighted by molar-refractivity contribution is 5.89. The molecule has 36 heavy (non-hydrogen) atoms. The molecule has 0 amide bonds. The van der Waals surface area contributed by atoms with Gasteiger partial charge in [-0.25, -0.2) is 9.59 Å².